The Balaban J connectivity index is 2.92. The Kier molecular flexibility index (Phi) is 2.03. The molecule has 13 heavy (non-hydrogen) atoms. The number of aryl methyl sites for hydroxylation is 1. The molecule has 1 heterocycles. The van der Waals surface area contributed by atoms with E-state index in [1.807, 2.05) is 31.3 Å². The predicted octanol–water partition coefficient (Wildman–Crippen LogP) is 0.976. The Morgan fingerprint density at radius 2 is 2.15 bits per heavy atom. The summed E-state index contributed by atoms with van der Waals surface area (Å²) in [4.78, 5) is 0. The Bertz CT molecular complexity index is 470. The Morgan fingerprint density at radius 1 is 1.38 bits per heavy atom. The molecule has 1 aromatic heterocycles. The molecule has 4 heteroatoms. The second-order valence-corrected chi connectivity index (χ2v) is 3.43. The standard InChI is InChI=1S/C9H8N2OP/c1-11-8-5-3-2-4-7(8)9(13-12)6-10-11/h2-6H,1H3/q+1. The van der Waals surface area contributed by atoms with E-state index in [1.165, 1.54) is 0 Å². The number of benzene rings is 1. The summed E-state index contributed by atoms with van der Waals surface area (Å²) < 4.78 is 12.5. The maximum Gasteiger partial charge on any atom is 0.239 e. The first-order valence-corrected chi connectivity index (χ1v) is 4.71. The summed E-state index contributed by atoms with van der Waals surface area (Å²) >= 11 is 0. The van der Waals surface area contributed by atoms with Gasteiger partial charge in [0.05, 0.1) is 10.7 Å². The molecule has 0 amide bonds. The van der Waals surface area contributed by atoms with Gasteiger partial charge < -0.3 is 0 Å². The highest BCUT2D eigenvalue weighted by Gasteiger charge is 2.09. The summed E-state index contributed by atoms with van der Waals surface area (Å²) in [7, 11) is 1.89. The van der Waals surface area contributed by atoms with E-state index in [4.69, 9.17) is 0 Å². The monoisotopic (exact) mass is 191 g/mol. The number of aromatic nitrogens is 2. The van der Waals surface area contributed by atoms with Crippen molar-refractivity contribution < 1.29 is 9.25 Å². The van der Waals surface area contributed by atoms with Crippen molar-refractivity contribution in [2.45, 2.75) is 0 Å². The van der Waals surface area contributed by atoms with Crippen LogP contribution in [0.4, 0.5) is 0 Å². The van der Waals surface area contributed by atoms with E-state index in [0.717, 1.165) is 16.2 Å². The van der Waals surface area contributed by atoms with E-state index in [1.54, 1.807) is 10.9 Å². The summed E-state index contributed by atoms with van der Waals surface area (Å²) in [5.41, 5.74) is 0.989. The van der Waals surface area contributed by atoms with Crippen molar-refractivity contribution >= 4 is 24.7 Å². The molecule has 0 aliphatic rings. The van der Waals surface area contributed by atoms with Crippen LogP contribution in [0.1, 0.15) is 0 Å². The van der Waals surface area contributed by atoms with Crippen LogP contribution in [-0.4, -0.2) is 5.10 Å². The molecule has 64 valence electrons. The highest BCUT2D eigenvalue weighted by molar-refractivity contribution is 7.34. The number of hydrogen-bond donors (Lipinski definition) is 0. The molecule has 2 aromatic rings. The van der Waals surface area contributed by atoms with Gasteiger partial charge in [-0.15, -0.1) is 0 Å². The molecule has 0 saturated heterocycles. The van der Waals surface area contributed by atoms with Crippen LogP contribution in [0.25, 0.3) is 10.9 Å². The second-order valence-electron chi connectivity index (χ2n) is 2.76. The van der Waals surface area contributed by atoms with Gasteiger partial charge in [0.25, 0.3) is 0 Å². The maximum atomic E-state index is 10.8. The van der Waals surface area contributed by atoms with Gasteiger partial charge in [-0.3, -0.25) is 4.57 Å². The average Bonchev–Trinajstić information content (AvgIpc) is 2.19. The highest BCUT2D eigenvalue weighted by atomic mass is 31.1. The van der Waals surface area contributed by atoms with Gasteiger partial charge in [0, 0.05) is 6.07 Å². The first-order valence-electron chi connectivity index (χ1n) is 3.90. The summed E-state index contributed by atoms with van der Waals surface area (Å²) in [5, 5.41) is 5.80. The van der Waals surface area contributed by atoms with E-state index in [9.17, 15) is 4.57 Å². The molecular formula is C9H8N2OP+. The van der Waals surface area contributed by atoms with E-state index in [-0.39, 0.29) is 8.46 Å². The van der Waals surface area contributed by atoms with Gasteiger partial charge in [-0.2, -0.15) is 0 Å². The Hall–Kier alpha value is -1.34. The fourth-order valence-corrected chi connectivity index (χ4v) is 1.70. The minimum absolute atomic E-state index is 0.0178. The molecule has 1 aromatic carbocycles. The van der Waals surface area contributed by atoms with Crippen LogP contribution in [0.2, 0.25) is 0 Å². The zero-order valence-corrected chi connectivity index (χ0v) is 8.03. The smallest absolute Gasteiger partial charge is 0.239 e. The molecule has 2 rings (SSSR count). The van der Waals surface area contributed by atoms with Gasteiger partial charge in [-0.1, -0.05) is 16.8 Å². The summed E-state index contributed by atoms with van der Waals surface area (Å²) in [6, 6.07) is 7.76. The summed E-state index contributed by atoms with van der Waals surface area (Å²) in [6.45, 7) is 0. The molecule has 0 N–H and O–H groups in total. The lowest BCUT2D eigenvalue weighted by Gasteiger charge is -1.94. The van der Waals surface area contributed by atoms with Gasteiger partial charge in [-0.25, -0.2) is 0 Å². The van der Waals surface area contributed by atoms with E-state index in [0.29, 0.717) is 0 Å². The second kappa shape index (κ2) is 3.19. The van der Waals surface area contributed by atoms with Crippen LogP contribution in [0.3, 0.4) is 0 Å². The first kappa shape index (κ1) is 8.27. The molecular weight excluding hydrogens is 183 g/mol. The van der Waals surface area contributed by atoms with Crippen molar-refractivity contribution in [2.75, 3.05) is 0 Å². The number of nitrogens with zero attached hydrogens (tertiary/aromatic N) is 2. The van der Waals surface area contributed by atoms with E-state index < -0.39 is 0 Å². The predicted molar refractivity (Wildman–Crippen MR) is 50.2 cm³/mol. The van der Waals surface area contributed by atoms with Crippen molar-refractivity contribution in [2.24, 2.45) is 7.05 Å². The normalized spacial score (nSPS) is 10.8. The zero-order valence-electron chi connectivity index (χ0n) is 7.14. The van der Waals surface area contributed by atoms with Crippen molar-refractivity contribution in [1.82, 2.24) is 5.10 Å². The minimum Gasteiger partial charge on any atom is -0.269 e. The molecule has 0 saturated carbocycles. The van der Waals surface area contributed by atoms with Crippen LogP contribution in [0.15, 0.2) is 30.5 Å². The van der Waals surface area contributed by atoms with Crippen LogP contribution in [0.5, 0.6) is 0 Å². The van der Waals surface area contributed by atoms with Gasteiger partial charge in [-0.05, 0) is 11.2 Å². The molecule has 3 nitrogen and oxygen atoms in total. The lowest BCUT2D eigenvalue weighted by atomic mass is 10.2. The minimum atomic E-state index is 0.0178. The van der Waals surface area contributed by atoms with Crippen LogP contribution in [-0.2, 0) is 11.6 Å². The highest BCUT2D eigenvalue weighted by Crippen LogP contribution is 2.09. The molecule has 0 radical (unpaired) electrons. The molecule has 0 fully saturated rings. The number of rotatable bonds is 1. The average molecular weight is 191 g/mol. The Labute approximate surface area is 77.2 Å². The van der Waals surface area contributed by atoms with Crippen molar-refractivity contribution in [1.29, 1.82) is 0 Å². The van der Waals surface area contributed by atoms with Crippen molar-refractivity contribution in [3.05, 3.63) is 30.5 Å². The molecule has 0 bridgehead atoms. The number of para-hydroxylation sites is 1. The molecule has 0 atom stereocenters. The SMILES string of the molecule is C[n+]1ncc(P=O)c2ccccc21. The number of fused-ring (bicyclic) bond motifs is 1. The summed E-state index contributed by atoms with van der Waals surface area (Å²) in [6.07, 6.45) is 1.62. The Morgan fingerprint density at radius 3 is 2.92 bits per heavy atom. The van der Waals surface area contributed by atoms with Gasteiger partial charge >= 0.3 is 0 Å². The van der Waals surface area contributed by atoms with Crippen LogP contribution >= 0.6 is 8.46 Å². The van der Waals surface area contributed by atoms with Gasteiger partial charge in [0.1, 0.15) is 6.20 Å². The van der Waals surface area contributed by atoms with Gasteiger partial charge in [0.2, 0.25) is 5.52 Å². The fraction of sp³-hybridized carbons (Fsp3) is 0.111. The topological polar surface area (TPSA) is 33.8 Å². The zero-order chi connectivity index (χ0) is 9.26. The largest absolute Gasteiger partial charge is 0.269 e. The molecule has 0 aliphatic carbocycles. The third-order valence-corrected chi connectivity index (χ3v) is 2.53. The van der Waals surface area contributed by atoms with Crippen LogP contribution in [0, 0.1) is 0 Å². The van der Waals surface area contributed by atoms with Crippen molar-refractivity contribution in [3.8, 4) is 0 Å². The lowest BCUT2D eigenvalue weighted by Crippen LogP contribution is -2.35. The summed E-state index contributed by atoms with van der Waals surface area (Å²) in [5.74, 6) is 0. The molecule has 0 unspecified atom stereocenters. The third kappa shape index (κ3) is 1.31. The fourth-order valence-electron chi connectivity index (χ4n) is 1.32. The molecule has 0 spiro atoms. The van der Waals surface area contributed by atoms with E-state index >= 15 is 0 Å². The quantitative estimate of drug-likeness (QED) is 0.497. The van der Waals surface area contributed by atoms with Gasteiger partial charge in [0.15, 0.2) is 15.5 Å². The molecule has 0 aliphatic heterocycles. The number of hydrogen-bond acceptors (Lipinski definition) is 2. The van der Waals surface area contributed by atoms with Crippen LogP contribution < -0.4 is 9.99 Å². The van der Waals surface area contributed by atoms with E-state index in [2.05, 4.69) is 5.10 Å². The third-order valence-electron chi connectivity index (χ3n) is 1.98. The first-order chi connectivity index (χ1) is 6.33. The lowest BCUT2D eigenvalue weighted by molar-refractivity contribution is -0.705. The maximum absolute atomic E-state index is 10.8. The van der Waals surface area contributed by atoms with Crippen molar-refractivity contribution in [3.63, 3.8) is 0 Å².